The molecule has 0 saturated carbocycles. The fourth-order valence-corrected chi connectivity index (χ4v) is 1.75. The maximum Gasteiger partial charge on any atom is 0.224 e. The molecule has 2 rings (SSSR count). The van der Waals surface area contributed by atoms with Crippen molar-refractivity contribution in [2.24, 2.45) is 0 Å². The molecule has 0 aliphatic carbocycles. The van der Waals surface area contributed by atoms with Gasteiger partial charge in [-0.25, -0.2) is 0 Å². The second-order valence-electron chi connectivity index (χ2n) is 4.19. The quantitative estimate of drug-likeness (QED) is 0.863. The molecule has 0 spiro atoms. The maximum absolute atomic E-state index is 11.5. The van der Waals surface area contributed by atoms with E-state index >= 15 is 0 Å². The summed E-state index contributed by atoms with van der Waals surface area (Å²) in [6.07, 6.45) is 4.32. The summed E-state index contributed by atoms with van der Waals surface area (Å²) in [5, 5.41) is 11.5. The van der Waals surface area contributed by atoms with E-state index in [-0.39, 0.29) is 12.5 Å². The van der Waals surface area contributed by atoms with Gasteiger partial charge in [-0.15, -0.1) is 0 Å². The van der Waals surface area contributed by atoms with E-state index in [9.17, 15) is 4.79 Å². The summed E-state index contributed by atoms with van der Waals surface area (Å²) < 4.78 is 0. The van der Waals surface area contributed by atoms with Crippen LogP contribution in [0.15, 0.2) is 48.8 Å². The molecule has 2 N–H and O–H groups in total. The Hall–Kier alpha value is -2.20. The molecule has 0 atom stereocenters. The van der Waals surface area contributed by atoms with Crippen LogP contribution in [0.25, 0.3) is 11.1 Å². The summed E-state index contributed by atoms with van der Waals surface area (Å²) in [6, 6.07) is 11.5. The minimum atomic E-state index is -0.0780. The highest BCUT2D eigenvalue weighted by atomic mass is 16.3. The summed E-state index contributed by atoms with van der Waals surface area (Å²) in [5.41, 5.74) is 2.93. The minimum Gasteiger partial charge on any atom is -0.396 e. The van der Waals surface area contributed by atoms with Crippen LogP contribution in [0.1, 0.15) is 12.8 Å². The van der Waals surface area contributed by atoms with Crippen LogP contribution in [0.3, 0.4) is 0 Å². The second-order valence-corrected chi connectivity index (χ2v) is 4.19. The number of benzene rings is 1. The van der Waals surface area contributed by atoms with E-state index in [0.717, 1.165) is 16.8 Å². The lowest BCUT2D eigenvalue weighted by Crippen LogP contribution is -2.11. The van der Waals surface area contributed by atoms with Crippen molar-refractivity contribution in [3.8, 4) is 11.1 Å². The van der Waals surface area contributed by atoms with E-state index in [1.807, 2.05) is 36.4 Å². The molecule has 0 bridgehead atoms. The number of hydrogen-bond donors (Lipinski definition) is 2. The van der Waals surface area contributed by atoms with Crippen LogP contribution in [-0.4, -0.2) is 22.6 Å². The van der Waals surface area contributed by atoms with Gasteiger partial charge in [0.05, 0.1) is 0 Å². The largest absolute Gasteiger partial charge is 0.396 e. The fraction of sp³-hybridized carbons (Fsp3) is 0.200. The third-order valence-electron chi connectivity index (χ3n) is 2.74. The highest BCUT2D eigenvalue weighted by molar-refractivity contribution is 5.90. The van der Waals surface area contributed by atoms with Crippen LogP contribution in [0.2, 0.25) is 0 Å². The van der Waals surface area contributed by atoms with Gasteiger partial charge in [0.25, 0.3) is 0 Å². The van der Waals surface area contributed by atoms with Crippen LogP contribution in [0.5, 0.6) is 0 Å². The number of hydrogen-bond acceptors (Lipinski definition) is 3. The van der Waals surface area contributed by atoms with E-state index in [4.69, 9.17) is 5.11 Å². The SMILES string of the molecule is O=C(CCCO)Nc1ccc(-c2ccncc2)cc1. The maximum atomic E-state index is 11.5. The standard InChI is InChI=1S/C15H16N2O2/c18-11-1-2-15(19)17-14-5-3-12(4-6-14)13-7-9-16-10-8-13/h3-10,18H,1-2,11H2,(H,17,19). The highest BCUT2D eigenvalue weighted by Crippen LogP contribution is 2.20. The van der Waals surface area contributed by atoms with Crippen molar-refractivity contribution in [2.45, 2.75) is 12.8 Å². The summed E-state index contributed by atoms with van der Waals surface area (Å²) in [6.45, 7) is 0.0361. The van der Waals surface area contributed by atoms with Gasteiger partial charge in [-0.2, -0.15) is 0 Å². The van der Waals surface area contributed by atoms with Crippen LogP contribution in [-0.2, 0) is 4.79 Å². The first-order chi connectivity index (χ1) is 9.29. The van der Waals surface area contributed by atoms with Crippen molar-refractivity contribution in [2.75, 3.05) is 11.9 Å². The number of pyridine rings is 1. The van der Waals surface area contributed by atoms with Gasteiger partial charge in [0, 0.05) is 31.1 Å². The van der Waals surface area contributed by atoms with Gasteiger partial charge < -0.3 is 10.4 Å². The molecule has 0 fully saturated rings. The third kappa shape index (κ3) is 3.89. The predicted octanol–water partition coefficient (Wildman–Crippen LogP) is 2.46. The van der Waals surface area contributed by atoms with Crippen molar-refractivity contribution in [3.63, 3.8) is 0 Å². The fourth-order valence-electron chi connectivity index (χ4n) is 1.75. The lowest BCUT2D eigenvalue weighted by Gasteiger charge is -2.06. The van der Waals surface area contributed by atoms with Crippen LogP contribution in [0, 0.1) is 0 Å². The van der Waals surface area contributed by atoms with Crippen LogP contribution >= 0.6 is 0 Å². The third-order valence-corrected chi connectivity index (χ3v) is 2.74. The summed E-state index contributed by atoms with van der Waals surface area (Å²) in [4.78, 5) is 15.5. The first kappa shape index (κ1) is 13.2. The van der Waals surface area contributed by atoms with Gasteiger partial charge in [-0.1, -0.05) is 12.1 Å². The molecule has 1 amide bonds. The van der Waals surface area contributed by atoms with E-state index < -0.39 is 0 Å². The molecular formula is C15H16N2O2. The lowest BCUT2D eigenvalue weighted by molar-refractivity contribution is -0.116. The first-order valence-electron chi connectivity index (χ1n) is 6.21. The molecule has 0 saturated heterocycles. The number of aliphatic hydroxyl groups excluding tert-OH is 1. The van der Waals surface area contributed by atoms with E-state index in [2.05, 4.69) is 10.3 Å². The van der Waals surface area contributed by atoms with Crippen LogP contribution < -0.4 is 5.32 Å². The normalized spacial score (nSPS) is 10.2. The van der Waals surface area contributed by atoms with E-state index in [0.29, 0.717) is 12.8 Å². The highest BCUT2D eigenvalue weighted by Gasteiger charge is 2.02. The summed E-state index contributed by atoms with van der Waals surface area (Å²) in [5.74, 6) is -0.0780. The average Bonchev–Trinajstić information content (AvgIpc) is 2.47. The minimum absolute atomic E-state index is 0.0361. The van der Waals surface area contributed by atoms with Gasteiger partial charge in [0.15, 0.2) is 0 Å². The zero-order valence-electron chi connectivity index (χ0n) is 10.5. The lowest BCUT2D eigenvalue weighted by atomic mass is 10.1. The Bertz CT molecular complexity index is 524. The number of nitrogens with one attached hydrogen (secondary N) is 1. The topological polar surface area (TPSA) is 62.2 Å². The number of aliphatic hydroxyl groups is 1. The molecular weight excluding hydrogens is 240 g/mol. The number of carbonyl (C=O) groups is 1. The molecule has 0 unspecified atom stereocenters. The molecule has 0 aliphatic rings. The Morgan fingerprint density at radius 3 is 2.32 bits per heavy atom. The Balaban J connectivity index is 2.01. The molecule has 98 valence electrons. The molecule has 1 aromatic heterocycles. The zero-order chi connectivity index (χ0) is 13.5. The molecule has 0 aliphatic heterocycles. The van der Waals surface area contributed by atoms with Crippen molar-refractivity contribution >= 4 is 11.6 Å². The summed E-state index contributed by atoms with van der Waals surface area (Å²) >= 11 is 0. The van der Waals surface area contributed by atoms with Gasteiger partial charge in [-0.3, -0.25) is 9.78 Å². The van der Waals surface area contributed by atoms with Gasteiger partial charge in [-0.05, 0) is 41.8 Å². The van der Waals surface area contributed by atoms with Crippen molar-refractivity contribution in [3.05, 3.63) is 48.8 Å². The first-order valence-corrected chi connectivity index (χ1v) is 6.21. The number of amides is 1. The van der Waals surface area contributed by atoms with Gasteiger partial charge in [0.1, 0.15) is 0 Å². The molecule has 2 aromatic rings. The molecule has 0 radical (unpaired) electrons. The number of aromatic nitrogens is 1. The Kier molecular flexibility index (Phi) is 4.64. The van der Waals surface area contributed by atoms with Crippen LogP contribution in [0.4, 0.5) is 5.69 Å². The van der Waals surface area contributed by atoms with Gasteiger partial charge >= 0.3 is 0 Å². The molecule has 4 heteroatoms. The smallest absolute Gasteiger partial charge is 0.224 e. The molecule has 1 aromatic carbocycles. The average molecular weight is 256 g/mol. The molecule has 1 heterocycles. The summed E-state index contributed by atoms with van der Waals surface area (Å²) in [7, 11) is 0. The van der Waals surface area contributed by atoms with Gasteiger partial charge in [0.2, 0.25) is 5.91 Å². The Morgan fingerprint density at radius 2 is 1.68 bits per heavy atom. The number of nitrogens with zero attached hydrogens (tertiary/aromatic N) is 1. The number of anilines is 1. The monoisotopic (exact) mass is 256 g/mol. The van der Waals surface area contributed by atoms with Crippen molar-refractivity contribution in [1.29, 1.82) is 0 Å². The number of rotatable bonds is 5. The number of carbonyl (C=O) groups excluding carboxylic acids is 1. The Morgan fingerprint density at radius 1 is 1.05 bits per heavy atom. The Labute approximate surface area is 112 Å². The predicted molar refractivity (Wildman–Crippen MR) is 74.6 cm³/mol. The van der Waals surface area contributed by atoms with Crippen molar-refractivity contribution < 1.29 is 9.90 Å². The second kappa shape index (κ2) is 6.66. The zero-order valence-corrected chi connectivity index (χ0v) is 10.5. The molecule has 19 heavy (non-hydrogen) atoms. The van der Waals surface area contributed by atoms with E-state index in [1.54, 1.807) is 12.4 Å². The molecule has 4 nitrogen and oxygen atoms in total. The van der Waals surface area contributed by atoms with E-state index in [1.165, 1.54) is 0 Å². The van der Waals surface area contributed by atoms with Crippen molar-refractivity contribution in [1.82, 2.24) is 4.98 Å².